The van der Waals surface area contributed by atoms with E-state index in [0.717, 1.165) is 11.4 Å². The van der Waals surface area contributed by atoms with Crippen molar-refractivity contribution in [2.45, 2.75) is 13.3 Å². The van der Waals surface area contributed by atoms with E-state index in [1.54, 1.807) is 34.9 Å². The van der Waals surface area contributed by atoms with Crippen LogP contribution in [0.3, 0.4) is 0 Å². The highest BCUT2D eigenvalue weighted by Gasteiger charge is 2.06. The van der Waals surface area contributed by atoms with Crippen LogP contribution in [-0.4, -0.2) is 9.67 Å². The first-order chi connectivity index (χ1) is 8.11. The Bertz CT molecular complexity index is 585. The zero-order valence-electron chi connectivity index (χ0n) is 9.55. The molecule has 88 valence electrons. The van der Waals surface area contributed by atoms with Gasteiger partial charge in [0.15, 0.2) is 0 Å². The maximum Gasteiger partial charge on any atom is 0.257 e. The predicted octanol–water partition coefficient (Wildman–Crippen LogP) is 1.69. The standard InChI is InChI=1S/C13H14N2O2/c1-2-10-7-9(14)8-13(17)15(10)11-3-5-12(16)6-4-11/h3-8,16H,2,14H2,1H3. The molecule has 4 nitrogen and oxygen atoms in total. The average molecular weight is 230 g/mol. The number of phenolic OH excluding ortho intramolecular Hbond substituents is 1. The summed E-state index contributed by atoms with van der Waals surface area (Å²) in [6.45, 7) is 1.96. The lowest BCUT2D eigenvalue weighted by Crippen LogP contribution is -2.21. The number of aromatic hydroxyl groups is 1. The van der Waals surface area contributed by atoms with E-state index < -0.39 is 0 Å². The molecule has 1 aromatic heterocycles. The molecule has 0 unspecified atom stereocenters. The van der Waals surface area contributed by atoms with Gasteiger partial charge in [-0.25, -0.2) is 0 Å². The number of nitrogens with two attached hydrogens (primary N) is 1. The van der Waals surface area contributed by atoms with Crippen molar-refractivity contribution in [3.8, 4) is 11.4 Å². The molecule has 0 spiro atoms. The van der Waals surface area contributed by atoms with Gasteiger partial charge in [0.1, 0.15) is 5.75 Å². The molecule has 0 bridgehead atoms. The van der Waals surface area contributed by atoms with E-state index in [4.69, 9.17) is 5.73 Å². The molecule has 1 aromatic carbocycles. The van der Waals surface area contributed by atoms with E-state index in [9.17, 15) is 9.90 Å². The van der Waals surface area contributed by atoms with Crippen LogP contribution in [0.2, 0.25) is 0 Å². The summed E-state index contributed by atoms with van der Waals surface area (Å²) in [4.78, 5) is 11.9. The lowest BCUT2D eigenvalue weighted by atomic mass is 10.2. The van der Waals surface area contributed by atoms with Crippen molar-refractivity contribution in [3.63, 3.8) is 0 Å². The van der Waals surface area contributed by atoms with E-state index in [-0.39, 0.29) is 11.3 Å². The summed E-state index contributed by atoms with van der Waals surface area (Å²) in [5, 5.41) is 9.24. The highest BCUT2D eigenvalue weighted by atomic mass is 16.3. The SMILES string of the molecule is CCc1cc(N)cc(=O)n1-c1ccc(O)cc1. The molecule has 0 radical (unpaired) electrons. The van der Waals surface area contributed by atoms with Crippen LogP contribution < -0.4 is 11.3 Å². The van der Waals surface area contributed by atoms with E-state index >= 15 is 0 Å². The second kappa shape index (κ2) is 4.33. The van der Waals surface area contributed by atoms with Gasteiger partial charge in [0.25, 0.3) is 5.56 Å². The van der Waals surface area contributed by atoms with Crippen LogP contribution in [0.25, 0.3) is 5.69 Å². The van der Waals surface area contributed by atoms with Gasteiger partial charge in [0.2, 0.25) is 0 Å². The topological polar surface area (TPSA) is 68.2 Å². The number of aryl methyl sites for hydroxylation is 1. The largest absolute Gasteiger partial charge is 0.508 e. The van der Waals surface area contributed by atoms with E-state index in [2.05, 4.69) is 0 Å². The maximum absolute atomic E-state index is 11.9. The Labute approximate surface area is 98.9 Å². The Hall–Kier alpha value is -2.23. The van der Waals surface area contributed by atoms with Gasteiger partial charge in [-0.1, -0.05) is 6.92 Å². The van der Waals surface area contributed by atoms with Crippen LogP contribution in [-0.2, 0) is 6.42 Å². The van der Waals surface area contributed by atoms with E-state index in [1.807, 2.05) is 6.92 Å². The fourth-order valence-electron chi connectivity index (χ4n) is 1.80. The molecule has 1 heterocycles. The van der Waals surface area contributed by atoms with Crippen molar-refractivity contribution in [3.05, 3.63) is 52.4 Å². The molecule has 0 saturated heterocycles. The fourth-order valence-corrected chi connectivity index (χ4v) is 1.80. The fraction of sp³-hybridized carbons (Fsp3) is 0.154. The number of nitrogen functional groups attached to an aromatic ring is 1. The van der Waals surface area contributed by atoms with Crippen LogP contribution in [0, 0.1) is 0 Å². The lowest BCUT2D eigenvalue weighted by molar-refractivity contribution is 0.475. The molecule has 0 saturated carbocycles. The van der Waals surface area contributed by atoms with Gasteiger partial charge in [-0.3, -0.25) is 9.36 Å². The number of phenols is 1. The molecule has 17 heavy (non-hydrogen) atoms. The number of hydrogen-bond donors (Lipinski definition) is 2. The van der Waals surface area contributed by atoms with Crippen LogP contribution in [0.1, 0.15) is 12.6 Å². The summed E-state index contributed by atoms with van der Waals surface area (Å²) in [6.07, 6.45) is 0.709. The quantitative estimate of drug-likeness (QED) is 0.824. The Morgan fingerprint density at radius 1 is 1.24 bits per heavy atom. The van der Waals surface area contributed by atoms with E-state index in [1.165, 1.54) is 6.07 Å². The molecule has 0 aliphatic heterocycles. The molecule has 0 amide bonds. The summed E-state index contributed by atoms with van der Waals surface area (Å²) in [5.74, 6) is 0.176. The van der Waals surface area contributed by atoms with Gasteiger partial charge in [0.05, 0.1) is 0 Å². The van der Waals surface area contributed by atoms with Crippen LogP contribution in [0.5, 0.6) is 5.75 Å². The summed E-state index contributed by atoms with van der Waals surface area (Å²) in [6, 6.07) is 9.69. The Kier molecular flexibility index (Phi) is 2.87. The second-order valence-corrected chi connectivity index (χ2v) is 3.82. The first-order valence-electron chi connectivity index (χ1n) is 5.42. The molecule has 0 aliphatic carbocycles. The average Bonchev–Trinajstić information content (AvgIpc) is 2.30. The van der Waals surface area contributed by atoms with Crippen LogP contribution in [0.15, 0.2) is 41.2 Å². The van der Waals surface area contributed by atoms with Gasteiger partial charge in [-0.05, 0) is 36.8 Å². The van der Waals surface area contributed by atoms with Gasteiger partial charge < -0.3 is 10.8 Å². The second-order valence-electron chi connectivity index (χ2n) is 3.82. The minimum Gasteiger partial charge on any atom is -0.508 e. The zero-order chi connectivity index (χ0) is 12.4. The van der Waals surface area contributed by atoms with Crippen molar-refractivity contribution in [2.75, 3.05) is 5.73 Å². The number of anilines is 1. The normalized spacial score (nSPS) is 10.4. The van der Waals surface area contributed by atoms with E-state index in [0.29, 0.717) is 12.1 Å². The lowest BCUT2D eigenvalue weighted by Gasteiger charge is -2.12. The Morgan fingerprint density at radius 2 is 1.88 bits per heavy atom. The van der Waals surface area contributed by atoms with Crippen molar-refractivity contribution in [2.24, 2.45) is 0 Å². The van der Waals surface area contributed by atoms with Crippen LogP contribution in [0.4, 0.5) is 5.69 Å². The highest BCUT2D eigenvalue weighted by molar-refractivity contribution is 5.44. The minimum atomic E-state index is -0.160. The molecule has 2 aromatic rings. The summed E-state index contributed by atoms with van der Waals surface area (Å²) < 4.78 is 1.59. The molecule has 2 rings (SSSR count). The third kappa shape index (κ3) is 2.15. The zero-order valence-corrected chi connectivity index (χ0v) is 9.55. The molecular weight excluding hydrogens is 216 g/mol. The Morgan fingerprint density at radius 3 is 2.47 bits per heavy atom. The van der Waals surface area contributed by atoms with Gasteiger partial charge >= 0.3 is 0 Å². The predicted molar refractivity (Wildman–Crippen MR) is 67.5 cm³/mol. The summed E-state index contributed by atoms with van der Waals surface area (Å²) >= 11 is 0. The van der Waals surface area contributed by atoms with Crippen molar-refractivity contribution < 1.29 is 5.11 Å². The molecule has 3 N–H and O–H groups in total. The third-order valence-electron chi connectivity index (χ3n) is 2.60. The molecule has 4 heteroatoms. The minimum absolute atomic E-state index is 0.160. The van der Waals surface area contributed by atoms with Crippen molar-refractivity contribution >= 4 is 5.69 Å². The Balaban J connectivity index is 2.66. The number of benzene rings is 1. The smallest absolute Gasteiger partial charge is 0.257 e. The maximum atomic E-state index is 11.9. The number of pyridine rings is 1. The first-order valence-corrected chi connectivity index (χ1v) is 5.42. The molecule has 0 fully saturated rings. The number of rotatable bonds is 2. The van der Waals surface area contributed by atoms with Gasteiger partial charge in [-0.15, -0.1) is 0 Å². The van der Waals surface area contributed by atoms with Gasteiger partial charge in [-0.2, -0.15) is 0 Å². The van der Waals surface area contributed by atoms with Crippen molar-refractivity contribution in [1.82, 2.24) is 4.57 Å². The first kappa shape index (κ1) is 11.3. The number of aromatic nitrogens is 1. The summed E-state index contributed by atoms with van der Waals surface area (Å²) in [7, 11) is 0. The van der Waals surface area contributed by atoms with Crippen LogP contribution >= 0.6 is 0 Å². The molecule has 0 aliphatic rings. The molecule has 0 atom stereocenters. The monoisotopic (exact) mass is 230 g/mol. The van der Waals surface area contributed by atoms with Gasteiger partial charge in [0, 0.05) is 23.1 Å². The third-order valence-corrected chi connectivity index (χ3v) is 2.60. The summed E-state index contributed by atoms with van der Waals surface area (Å²) in [5.41, 5.74) is 7.54. The van der Waals surface area contributed by atoms with Crippen molar-refractivity contribution in [1.29, 1.82) is 0 Å². The highest BCUT2D eigenvalue weighted by Crippen LogP contribution is 2.15. The number of hydrogen-bond acceptors (Lipinski definition) is 3. The molecular formula is C13H14N2O2. The number of nitrogens with zero attached hydrogens (tertiary/aromatic N) is 1.